The molecule has 26 heavy (non-hydrogen) atoms. The summed E-state index contributed by atoms with van der Waals surface area (Å²) in [4.78, 5) is 24.3. The lowest BCUT2D eigenvalue weighted by Crippen LogP contribution is -2.45. The molecule has 2 saturated carbocycles. The summed E-state index contributed by atoms with van der Waals surface area (Å²) >= 11 is 2.15. The molecule has 0 aliphatic heterocycles. The van der Waals surface area contributed by atoms with Gasteiger partial charge in [0.15, 0.2) is 11.5 Å². The predicted molar refractivity (Wildman–Crippen MR) is 104 cm³/mol. The Morgan fingerprint density at radius 2 is 1.65 bits per heavy atom. The first-order valence-electron chi connectivity index (χ1n) is 9.18. The fraction of sp³-hybridized carbons (Fsp3) is 0.722. The van der Waals surface area contributed by atoms with E-state index in [1.54, 1.807) is 0 Å². The van der Waals surface area contributed by atoms with Crippen LogP contribution in [0.4, 0.5) is 4.79 Å². The Morgan fingerprint density at radius 3 is 2.19 bits per heavy atom. The molecule has 8 heteroatoms. The molecule has 3 rings (SSSR count). The van der Waals surface area contributed by atoms with Crippen LogP contribution in [0.1, 0.15) is 81.5 Å². The largest absolute Gasteiger partial charge is 0.444 e. The van der Waals surface area contributed by atoms with Gasteiger partial charge < -0.3 is 19.9 Å². The topological polar surface area (TPSA) is 93.5 Å². The molecular weight excluding hydrogens is 449 g/mol. The van der Waals surface area contributed by atoms with E-state index in [1.807, 2.05) is 20.8 Å². The summed E-state index contributed by atoms with van der Waals surface area (Å²) < 4.78 is 11.5. The summed E-state index contributed by atoms with van der Waals surface area (Å²) in [6, 6.07) is 0.183. The highest BCUT2D eigenvalue weighted by Gasteiger charge is 2.33. The minimum Gasteiger partial charge on any atom is -0.444 e. The summed E-state index contributed by atoms with van der Waals surface area (Å²) in [7, 11) is 0. The molecule has 2 N–H and O–H groups in total. The summed E-state index contributed by atoms with van der Waals surface area (Å²) in [6.45, 7) is 5.54. The van der Waals surface area contributed by atoms with Gasteiger partial charge in [-0.2, -0.15) is 0 Å². The van der Waals surface area contributed by atoms with E-state index in [4.69, 9.17) is 9.26 Å². The number of carbonyl (C=O) groups excluding carboxylic acids is 2. The number of hydrogen-bond acceptors (Lipinski definition) is 5. The highest BCUT2D eigenvalue weighted by atomic mass is 127. The molecule has 2 aliphatic rings. The Kier molecular flexibility index (Phi) is 5.78. The first-order valence-corrected chi connectivity index (χ1v) is 10.3. The van der Waals surface area contributed by atoms with Gasteiger partial charge in [0.1, 0.15) is 5.60 Å². The number of carbonyl (C=O) groups is 2. The van der Waals surface area contributed by atoms with E-state index < -0.39 is 5.60 Å². The van der Waals surface area contributed by atoms with Crippen molar-refractivity contribution in [1.29, 1.82) is 0 Å². The Labute approximate surface area is 167 Å². The summed E-state index contributed by atoms with van der Waals surface area (Å²) in [5, 5.41) is 9.92. The highest BCUT2D eigenvalue weighted by Crippen LogP contribution is 2.42. The van der Waals surface area contributed by atoms with Crippen molar-refractivity contribution in [3.8, 4) is 0 Å². The lowest BCUT2D eigenvalue weighted by molar-refractivity contribution is 0.0488. The molecule has 1 aromatic rings. The van der Waals surface area contributed by atoms with E-state index in [1.165, 1.54) is 0 Å². The zero-order valence-corrected chi connectivity index (χ0v) is 17.6. The second kappa shape index (κ2) is 7.74. The molecular formula is C18H26IN3O4. The van der Waals surface area contributed by atoms with Gasteiger partial charge in [-0.1, -0.05) is 5.16 Å². The van der Waals surface area contributed by atoms with Crippen LogP contribution >= 0.6 is 22.6 Å². The zero-order chi connectivity index (χ0) is 18.9. The fourth-order valence-electron chi connectivity index (χ4n) is 3.14. The minimum atomic E-state index is -0.497. The Bertz CT molecular complexity index is 670. The number of halogens is 1. The van der Waals surface area contributed by atoms with Crippen LogP contribution in [0.5, 0.6) is 0 Å². The Balaban J connectivity index is 1.45. The van der Waals surface area contributed by atoms with Gasteiger partial charge in [-0.3, -0.25) is 4.79 Å². The van der Waals surface area contributed by atoms with Crippen molar-refractivity contribution in [2.45, 2.75) is 82.9 Å². The number of aromatic nitrogens is 1. The average Bonchev–Trinajstić information content (AvgIpc) is 3.30. The molecule has 2 fully saturated rings. The van der Waals surface area contributed by atoms with E-state index in [0.29, 0.717) is 11.6 Å². The standard InChI is InChI=1S/C18H26IN3O4/c1-18(2,3)25-17(24)21-12-8-6-11(7-9-12)20-16(23)14-13(19)15(26-22-14)10-4-5-10/h10-12H,4-9H2,1-3H3,(H,20,23)(H,21,24)/t11-,12-. The third-order valence-electron chi connectivity index (χ3n) is 4.61. The lowest BCUT2D eigenvalue weighted by Gasteiger charge is -2.30. The number of rotatable bonds is 4. The normalized spacial score (nSPS) is 23.4. The van der Waals surface area contributed by atoms with Crippen molar-refractivity contribution in [1.82, 2.24) is 15.8 Å². The van der Waals surface area contributed by atoms with Crippen molar-refractivity contribution in [2.24, 2.45) is 0 Å². The predicted octanol–water partition coefficient (Wildman–Crippen LogP) is 3.72. The first-order chi connectivity index (χ1) is 12.2. The monoisotopic (exact) mass is 475 g/mol. The van der Waals surface area contributed by atoms with Crippen molar-refractivity contribution in [3.63, 3.8) is 0 Å². The number of ether oxygens (including phenoxy) is 1. The SMILES string of the molecule is CC(C)(C)OC(=O)N[C@H]1CC[C@H](NC(=O)c2noc(C3CC3)c2I)CC1. The first kappa shape index (κ1) is 19.4. The molecule has 0 bridgehead atoms. The molecule has 1 heterocycles. The van der Waals surface area contributed by atoms with Crippen LogP contribution in [0.15, 0.2) is 4.52 Å². The van der Waals surface area contributed by atoms with E-state index in [-0.39, 0.29) is 24.1 Å². The van der Waals surface area contributed by atoms with Crippen LogP contribution in [0, 0.1) is 3.57 Å². The third-order valence-corrected chi connectivity index (χ3v) is 5.65. The summed E-state index contributed by atoms with van der Waals surface area (Å²) in [5.74, 6) is 1.11. The molecule has 2 aliphatic carbocycles. The molecule has 2 amide bonds. The van der Waals surface area contributed by atoms with Crippen LogP contribution in [-0.4, -0.2) is 34.8 Å². The number of nitrogens with zero attached hydrogens (tertiary/aromatic N) is 1. The maximum absolute atomic E-state index is 12.5. The minimum absolute atomic E-state index is 0.0895. The maximum Gasteiger partial charge on any atom is 0.407 e. The molecule has 0 saturated heterocycles. The Hall–Kier alpha value is -1.32. The number of hydrogen-bond donors (Lipinski definition) is 2. The maximum atomic E-state index is 12.5. The van der Waals surface area contributed by atoms with Crippen molar-refractivity contribution in [2.75, 3.05) is 0 Å². The van der Waals surface area contributed by atoms with Gasteiger partial charge in [0, 0.05) is 18.0 Å². The van der Waals surface area contributed by atoms with E-state index in [9.17, 15) is 9.59 Å². The fourth-order valence-corrected chi connectivity index (χ4v) is 4.02. The molecule has 0 unspecified atom stereocenters. The van der Waals surface area contributed by atoms with Crippen LogP contribution in [0.2, 0.25) is 0 Å². The van der Waals surface area contributed by atoms with Gasteiger partial charge in [-0.25, -0.2) is 4.79 Å². The number of amides is 2. The molecule has 7 nitrogen and oxygen atoms in total. The van der Waals surface area contributed by atoms with Crippen molar-refractivity contribution < 1.29 is 18.8 Å². The van der Waals surface area contributed by atoms with Gasteiger partial charge in [0.25, 0.3) is 5.91 Å². The van der Waals surface area contributed by atoms with Gasteiger partial charge >= 0.3 is 6.09 Å². The summed E-state index contributed by atoms with van der Waals surface area (Å²) in [5.41, 5.74) is -0.106. The lowest BCUT2D eigenvalue weighted by atomic mass is 9.91. The van der Waals surface area contributed by atoms with Crippen LogP contribution in [0.25, 0.3) is 0 Å². The molecule has 0 radical (unpaired) electrons. The number of alkyl carbamates (subject to hydrolysis) is 1. The number of nitrogens with one attached hydrogen (secondary N) is 2. The zero-order valence-electron chi connectivity index (χ0n) is 15.4. The summed E-state index contributed by atoms with van der Waals surface area (Å²) in [6.07, 6.45) is 5.10. The smallest absolute Gasteiger partial charge is 0.407 e. The average molecular weight is 475 g/mol. The molecule has 0 aromatic carbocycles. The quantitative estimate of drug-likeness (QED) is 0.648. The van der Waals surface area contributed by atoms with Crippen molar-refractivity contribution >= 4 is 34.6 Å². The van der Waals surface area contributed by atoms with E-state index in [2.05, 4.69) is 38.4 Å². The van der Waals surface area contributed by atoms with Gasteiger partial charge in [0.05, 0.1) is 3.57 Å². The van der Waals surface area contributed by atoms with Gasteiger partial charge in [-0.05, 0) is 81.9 Å². The van der Waals surface area contributed by atoms with E-state index in [0.717, 1.165) is 47.9 Å². The van der Waals surface area contributed by atoms with Crippen molar-refractivity contribution in [3.05, 3.63) is 15.0 Å². The molecule has 0 atom stereocenters. The molecule has 1 aromatic heterocycles. The van der Waals surface area contributed by atoms with Gasteiger partial charge in [0.2, 0.25) is 0 Å². The molecule has 0 spiro atoms. The highest BCUT2D eigenvalue weighted by molar-refractivity contribution is 14.1. The Morgan fingerprint density at radius 1 is 1.08 bits per heavy atom. The van der Waals surface area contributed by atoms with Crippen LogP contribution < -0.4 is 10.6 Å². The second-order valence-electron chi connectivity index (χ2n) is 8.15. The molecule has 144 valence electrons. The van der Waals surface area contributed by atoms with Crippen LogP contribution in [0.3, 0.4) is 0 Å². The van der Waals surface area contributed by atoms with Gasteiger partial charge in [-0.15, -0.1) is 0 Å². The second-order valence-corrected chi connectivity index (χ2v) is 9.23. The van der Waals surface area contributed by atoms with Crippen LogP contribution in [-0.2, 0) is 4.74 Å². The van der Waals surface area contributed by atoms with E-state index >= 15 is 0 Å². The third kappa shape index (κ3) is 5.11.